The maximum absolute atomic E-state index is 12.3. The molecule has 0 aliphatic rings. The van der Waals surface area contributed by atoms with Gasteiger partial charge in [0.2, 0.25) is 0 Å². The van der Waals surface area contributed by atoms with E-state index in [1.54, 1.807) is 30.3 Å². The van der Waals surface area contributed by atoms with Crippen molar-refractivity contribution in [3.05, 3.63) is 70.3 Å². The van der Waals surface area contributed by atoms with E-state index in [1.165, 1.54) is 25.6 Å². The Hall–Kier alpha value is -2.95. The molecule has 21 heavy (non-hydrogen) atoms. The smallest absolute Gasteiger partial charge is 0.347 e. The number of carbonyl (C=O) groups excluding carboxylic acids is 1. The molecule has 0 N–H and O–H groups in total. The summed E-state index contributed by atoms with van der Waals surface area (Å²) in [7, 11) is 1.53. The summed E-state index contributed by atoms with van der Waals surface area (Å²) in [6.45, 7) is 0. The van der Waals surface area contributed by atoms with Gasteiger partial charge in [0.1, 0.15) is 16.9 Å². The summed E-state index contributed by atoms with van der Waals surface area (Å²) in [4.78, 5) is 28.2. The molecule has 1 aromatic carbocycles. The minimum atomic E-state index is -0.669. The third-order valence-electron chi connectivity index (χ3n) is 3.13. The highest BCUT2D eigenvalue weighted by atomic mass is 16.5. The topological polar surface area (TPSA) is 69.4 Å². The van der Waals surface area contributed by atoms with Crippen molar-refractivity contribution in [2.24, 2.45) is 0 Å². The molecule has 0 aliphatic carbocycles. The molecule has 5 heteroatoms. The Bertz CT molecular complexity index is 868. The van der Waals surface area contributed by atoms with E-state index in [4.69, 9.17) is 9.15 Å². The molecule has 0 spiro atoms. The van der Waals surface area contributed by atoms with E-state index in [9.17, 15) is 9.59 Å². The summed E-state index contributed by atoms with van der Waals surface area (Å²) in [5.74, 6) is 0.197. The zero-order chi connectivity index (χ0) is 14.8. The highest BCUT2D eigenvalue weighted by Crippen LogP contribution is 2.20. The number of fused-ring (bicyclic) bond motifs is 1. The fourth-order valence-corrected chi connectivity index (χ4v) is 2.04. The van der Waals surface area contributed by atoms with Gasteiger partial charge in [-0.1, -0.05) is 0 Å². The van der Waals surface area contributed by atoms with Crippen LogP contribution in [0.3, 0.4) is 0 Å². The van der Waals surface area contributed by atoms with Crippen LogP contribution in [0.2, 0.25) is 0 Å². The van der Waals surface area contributed by atoms with Crippen LogP contribution in [-0.2, 0) is 0 Å². The van der Waals surface area contributed by atoms with E-state index < -0.39 is 5.63 Å². The van der Waals surface area contributed by atoms with E-state index in [1.807, 2.05) is 0 Å². The van der Waals surface area contributed by atoms with Crippen LogP contribution in [0.1, 0.15) is 15.9 Å². The van der Waals surface area contributed by atoms with Crippen molar-refractivity contribution < 1.29 is 13.9 Å². The second-order valence-corrected chi connectivity index (χ2v) is 4.42. The molecule has 104 valence electrons. The molecule has 2 heterocycles. The molecule has 0 atom stereocenters. The number of benzene rings is 1. The molecule has 3 rings (SSSR count). The molecule has 0 aliphatic heterocycles. The lowest BCUT2D eigenvalue weighted by molar-refractivity contribution is 0.103. The number of ketones is 1. The predicted molar refractivity (Wildman–Crippen MR) is 76.7 cm³/mol. The Kier molecular flexibility index (Phi) is 3.23. The molecule has 0 saturated carbocycles. The van der Waals surface area contributed by atoms with Crippen molar-refractivity contribution in [3.8, 4) is 5.75 Å². The Morgan fingerprint density at radius 3 is 2.62 bits per heavy atom. The van der Waals surface area contributed by atoms with Crippen molar-refractivity contribution in [1.82, 2.24) is 4.98 Å². The second-order valence-electron chi connectivity index (χ2n) is 4.42. The first-order chi connectivity index (χ1) is 10.2. The van der Waals surface area contributed by atoms with Crippen molar-refractivity contribution in [2.75, 3.05) is 7.11 Å². The molecule has 0 amide bonds. The van der Waals surface area contributed by atoms with Gasteiger partial charge in [-0.15, -0.1) is 0 Å². The van der Waals surface area contributed by atoms with Gasteiger partial charge in [0.05, 0.1) is 7.11 Å². The maximum Gasteiger partial charge on any atom is 0.347 e. The molecule has 2 aromatic heterocycles. The average Bonchev–Trinajstić information content (AvgIpc) is 2.53. The molecular weight excluding hydrogens is 270 g/mol. The van der Waals surface area contributed by atoms with Gasteiger partial charge in [-0.2, -0.15) is 0 Å². The summed E-state index contributed by atoms with van der Waals surface area (Å²) in [5, 5.41) is 0.660. The molecule has 5 nitrogen and oxygen atoms in total. The largest absolute Gasteiger partial charge is 0.497 e. The van der Waals surface area contributed by atoms with Gasteiger partial charge in [0, 0.05) is 29.4 Å². The molecular formula is C16H11NO4. The van der Waals surface area contributed by atoms with Gasteiger partial charge in [-0.3, -0.25) is 9.78 Å². The highest BCUT2D eigenvalue weighted by Gasteiger charge is 2.15. The quantitative estimate of drug-likeness (QED) is 0.544. The first-order valence-corrected chi connectivity index (χ1v) is 6.25. The van der Waals surface area contributed by atoms with Crippen LogP contribution in [0.5, 0.6) is 5.75 Å². The summed E-state index contributed by atoms with van der Waals surface area (Å²) in [6, 6.07) is 9.73. The van der Waals surface area contributed by atoms with Crippen molar-refractivity contribution in [1.29, 1.82) is 0 Å². The van der Waals surface area contributed by atoms with Gasteiger partial charge in [0.25, 0.3) is 0 Å². The van der Waals surface area contributed by atoms with Crippen molar-refractivity contribution in [3.63, 3.8) is 0 Å². The molecule has 0 bridgehead atoms. The minimum Gasteiger partial charge on any atom is -0.497 e. The number of carbonyl (C=O) groups is 1. The van der Waals surface area contributed by atoms with Gasteiger partial charge < -0.3 is 9.15 Å². The Labute approximate surface area is 119 Å². The highest BCUT2D eigenvalue weighted by molar-refractivity contribution is 6.09. The third-order valence-corrected chi connectivity index (χ3v) is 3.13. The predicted octanol–water partition coefficient (Wildman–Crippen LogP) is 2.43. The molecule has 3 aromatic rings. The SMILES string of the molecule is COc1ccc2cc(C(=O)c3ccncc3)c(=O)oc2c1. The number of methoxy groups -OCH3 is 1. The van der Waals surface area contributed by atoms with Crippen LogP contribution in [-0.4, -0.2) is 17.9 Å². The standard InChI is InChI=1S/C16H11NO4/c1-20-12-3-2-11-8-13(16(19)21-14(11)9-12)15(18)10-4-6-17-7-5-10/h2-9H,1H3. The summed E-state index contributed by atoms with van der Waals surface area (Å²) >= 11 is 0. The lowest BCUT2D eigenvalue weighted by Crippen LogP contribution is -2.14. The summed E-state index contributed by atoms with van der Waals surface area (Å²) in [5.41, 5.74) is 0.104. The second kappa shape index (κ2) is 5.20. The number of hydrogen-bond acceptors (Lipinski definition) is 5. The minimum absolute atomic E-state index is 0.00105. The first-order valence-electron chi connectivity index (χ1n) is 6.25. The number of aromatic nitrogens is 1. The zero-order valence-corrected chi connectivity index (χ0v) is 11.2. The number of hydrogen-bond donors (Lipinski definition) is 0. The Morgan fingerprint density at radius 2 is 1.90 bits per heavy atom. The van der Waals surface area contributed by atoms with E-state index in [2.05, 4.69) is 4.98 Å². The lowest BCUT2D eigenvalue weighted by Gasteiger charge is -2.04. The number of nitrogens with zero attached hydrogens (tertiary/aromatic N) is 1. The maximum atomic E-state index is 12.3. The van der Waals surface area contributed by atoms with E-state index in [0.717, 1.165) is 0 Å². The normalized spacial score (nSPS) is 10.5. The lowest BCUT2D eigenvalue weighted by atomic mass is 10.0. The third kappa shape index (κ3) is 2.41. The molecule has 0 fully saturated rings. The first kappa shape index (κ1) is 13.1. The van der Waals surface area contributed by atoms with Crippen LogP contribution in [0.4, 0.5) is 0 Å². The number of ether oxygens (including phenoxy) is 1. The van der Waals surface area contributed by atoms with Crippen LogP contribution >= 0.6 is 0 Å². The number of rotatable bonds is 3. The van der Waals surface area contributed by atoms with Crippen LogP contribution in [0, 0.1) is 0 Å². The molecule has 0 radical (unpaired) electrons. The summed E-state index contributed by atoms with van der Waals surface area (Å²) < 4.78 is 10.3. The summed E-state index contributed by atoms with van der Waals surface area (Å²) in [6.07, 6.45) is 3.00. The fraction of sp³-hybridized carbons (Fsp3) is 0.0625. The molecule has 0 saturated heterocycles. The van der Waals surface area contributed by atoms with Gasteiger partial charge >= 0.3 is 5.63 Å². The number of pyridine rings is 1. The fourth-order valence-electron chi connectivity index (χ4n) is 2.04. The monoisotopic (exact) mass is 281 g/mol. The van der Waals surface area contributed by atoms with Crippen molar-refractivity contribution >= 4 is 16.8 Å². The van der Waals surface area contributed by atoms with Crippen LogP contribution in [0.25, 0.3) is 11.0 Å². The Morgan fingerprint density at radius 1 is 1.14 bits per heavy atom. The van der Waals surface area contributed by atoms with E-state index in [-0.39, 0.29) is 11.3 Å². The van der Waals surface area contributed by atoms with Gasteiger partial charge in [0.15, 0.2) is 5.78 Å². The van der Waals surface area contributed by atoms with Gasteiger partial charge in [-0.05, 0) is 30.3 Å². The van der Waals surface area contributed by atoms with Crippen LogP contribution in [0.15, 0.2) is 58.0 Å². The zero-order valence-electron chi connectivity index (χ0n) is 11.2. The average molecular weight is 281 g/mol. The van der Waals surface area contributed by atoms with E-state index >= 15 is 0 Å². The van der Waals surface area contributed by atoms with E-state index in [0.29, 0.717) is 22.3 Å². The molecule has 0 unspecified atom stereocenters. The van der Waals surface area contributed by atoms with Gasteiger partial charge in [-0.25, -0.2) is 4.79 Å². The van der Waals surface area contributed by atoms with Crippen molar-refractivity contribution in [2.45, 2.75) is 0 Å². The van der Waals surface area contributed by atoms with Crippen LogP contribution < -0.4 is 10.4 Å². The Balaban J connectivity index is 2.14.